The van der Waals surface area contributed by atoms with Gasteiger partial charge in [-0.05, 0) is 12.1 Å². The Balaban J connectivity index is 2.16. The summed E-state index contributed by atoms with van der Waals surface area (Å²) in [6.45, 7) is 0.254. The van der Waals surface area contributed by atoms with E-state index >= 15 is 0 Å². The summed E-state index contributed by atoms with van der Waals surface area (Å²) in [7, 11) is 0. The predicted octanol–water partition coefficient (Wildman–Crippen LogP) is 1.54. The minimum atomic E-state index is -0.391. The molecular weight excluding hydrogens is 245 g/mol. The van der Waals surface area contributed by atoms with Crippen LogP contribution in [0.1, 0.15) is 0 Å². The van der Waals surface area contributed by atoms with Crippen molar-refractivity contribution in [2.75, 3.05) is 18.4 Å². The van der Waals surface area contributed by atoms with Crippen LogP contribution in [0.25, 0.3) is 10.9 Å². The Kier molecular flexibility index (Phi) is 3.94. The zero-order valence-electron chi connectivity index (χ0n) is 10.1. The summed E-state index contributed by atoms with van der Waals surface area (Å²) >= 11 is 0. The fourth-order valence-corrected chi connectivity index (χ4v) is 1.68. The van der Waals surface area contributed by atoms with Gasteiger partial charge in [0, 0.05) is 17.3 Å². The first-order valence-corrected chi connectivity index (χ1v) is 5.69. The van der Waals surface area contributed by atoms with Crippen LogP contribution in [0.3, 0.4) is 0 Å². The zero-order chi connectivity index (χ0) is 13.7. The number of para-hydroxylation sites is 1. The number of nitrogens with one attached hydrogen (secondary N) is 2. The summed E-state index contributed by atoms with van der Waals surface area (Å²) in [5.74, 6) is 1.70. The third-order valence-electron chi connectivity index (χ3n) is 2.55. The number of hydrogen-bond donors (Lipinski definition) is 2. The SMILES string of the molecule is C#CCNC(=O)CNc1ccnc2c(F)cccc12. The van der Waals surface area contributed by atoms with E-state index in [0.717, 1.165) is 0 Å². The number of fused-ring (bicyclic) bond motifs is 1. The fourth-order valence-electron chi connectivity index (χ4n) is 1.68. The molecule has 2 rings (SSSR count). The van der Waals surface area contributed by atoms with Crippen LogP contribution in [0.15, 0.2) is 30.5 Å². The van der Waals surface area contributed by atoms with Crippen LogP contribution in [0, 0.1) is 18.2 Å². The first-order valence-electron chi connectivity index (χ1n) is 5.69. The normalized spacial score (nSPS) is 9.89. The van der Waals surface area contributed by atoms with Gasteiger partial charge in [0.25, 0.3) is 0 Å². The smallest absolute Gasteiger partial charge is 0.240 e. The molecule has 0 aliphatic rings. The Hall–Kier alpha value is -2.61. The largest absolute Gasteiger partial charge is 0.376 e. The van der Waals surface area contributed by atoms with Crippen LogP contribution in [0.4, 0.5) is 10.1 Å². The van der Waals surface area contributed by atoms with Gasteiger partial charge in [0.15, 0.2) is 0 Å². The molecule has 96 valence electrons. The van der Waals surface area contributed by atoms with Crippen molar-refractivity contribution in [3.8, 4) is 12.3 Å². The van der Waals surface area contributed by atoms with Gasteiger partial charge in [-0.1, -0.05) is 18.1 Å². The van der Waals surface area contributed by atoms with Crippen LogP contribution in [-0.2, 0) is 4.79 Å². The number of nitrogens with zero attached hydrogens (tertiary/aromatic N) is 1. The van der Waals surface area contributed by atoms with E-state index in [4.69, 9.17) is 6.42 Å². The Morgan fingerprint density at radius 3 is 3.05 bits per heavy atom. The highest BCUT2D eigenvalue weighted by molar-refractivity contribution is 5.93. The van der Waals surface area contributed by atoms with Crippen molar-refractivity contribution in [1.29, 1.82) is 0 Å². The number of carbonyl (C=O) groups excluding carboxylic acids is 1. The number of amides is 1. The molecule has 19 heavy (non-hydrogen) atoms. The number of terminal acetylenes is 1. The van der Waals surface area contributed by atoms with Gasteiger partial charge in [0.05, 0.1) is 13.1 Å². The molecule has 5 heteroatoms. The number of anilines is 1. The van der Waals surface area contributed by atoms with Gasteiger partial charge in [-0.3, -0.25) is 9.78 Å². The van der Waals surface area contributed by atoms with Gasteiger partial charge in [-0.15, -0.1) is 6.42 Å². The number of pyridine rings is 1. The van der Waals surface area contributed by atoms with Gasteiger partial charge in [-0.25, -0.2) is 4.39 Å². The van der Waals surface area contributed by atoms with Crippen molar-refractivity contribution in [3.05, 3.63) is 36.3 Å². The van der Waals surface area contributed by atoms with E-state index in [0.29, 0.717) is 11.1 Å². The lowest BCUT2D eigenvalue weighted by Crippen LogP contribution is -2.30. The Morgan fingerprint density at radius 2 is 2.26 bits per heavy atom. The molecule has 1 amide bonds. The quantitative estimate of drug-likeness (QED) is 0.817. The minimum Gasteiger partial charge on any atom is -0.376 e. The topological polar surface area (TPSA) is 54.0 Å². The molecule has 0 unspecified atom stereocenters. The molecule has 0 saturated carbocycles. The number of benzene rings is 1. The second-order valence-electron chi connectivity index (χ2n) is 3.83. The highest BCUT2D eigenvalue weighted by atomic mass is 19.1. The lowest BCUT2D eigenvalue weighted by atomic mass is 10.2. The van der Waals surface area contributed by atoms with Gasteiger partial charge < -0.3 is 10.6 Å². The summed E-state index contributed by atoms with van der Waals surface area (Å²) in [6, 6.07) is 6.38. The van der Waals surface area contributed by atoms with Crippen molar-refractivity contribution in [1.82, 2.24) is 10.3 Å². The average molecular weight is 257 g/mol. The second kappa shape index (κ2) is 5.83. The van der Waals surface area contributed by atoms with Crippen LogP contribution in [0.5, 0.6) is 0 Å². The maximum Gasteiger partial charge on any atom is 0.240 e. The number of aromatic nitrogens is 1. The summed E-state index contributed by atoms with van der Waals surface area (Å²) in [5.41, 5.74) is 0.928. The minimum absolute atomic E-state index is 0.0668. The molecule has 0 bridgehead atoms. The van der Waals surface area contributed by atoms with Gasteiger partial charge in [0.1, 0.15) is 11.3 Å². The molecule has 0 saturated heterocycles. The molecular formula is C14H12FN3O. The number of carbonyl (C=O) groups is 1. The maximum absolute atomic E-state index is 13.5. The fraction of sp³-hybridized carbons (Fsp3) is 0.143. The number of rotatable bonds is 4. The van der Waals surface area contributed by atoms with Crippen molar-refractivity contribution in [3.63, 3.8) is 0 Å². The Labute approximate surface area is 110 Å². The maximum atomic E-state index is 13.5. The second-order valence-corrected chi connectivity index (χ2v) is 3.83. The molecule has 0 radical (unpaired) electrons. The highest BCUT2D eigenvalue weighted by Gasteiger charge is 2.06. The zero-order valence-corrected chi connectivity index (χ0v) is 10.1. The molecule has 0 fully saturated rings. The average Bonchev–Trinajstić information content (AvgIpc) is 2.43. The lowest BCUT2D eigenvalue weighted by Gasteiger charge is -2.09. The molecule has 2 N–H and O–H groups in total. The van der Waals surface area contributed by atoms with E-state index in [-0.39, 0.29) is 24.5 Å². The number of hydrogen-bond acceptors (Lipinski definition) is 3. The first kappa shape index (κ1) is 12.8. The Morgan fingerprint density at radius 1 is 1.42 bits per heavy atom. The molecule has 0 aliphatic heterocycles. The summed E-state index contributed by atoms with van der Waals surface area (Å²) in [5, 5.41) is 6.10. The van der Waals surface area contributed by atoms with E-state index < -0.39 is 5.82 Å². The summed E-state index contributed by atoms with van der Waals surface area (Å²) < 4.78 is 13.5. The van der Waals surface area contributed by atoms with Crippen molar-refractivity contribution in [2.24, 2.45) is 0 Å². The van der Waals surface area contributed by atoms with Crippen molar-refractivity contribution >= 4 is 22.5 Å². The molecule has 0 spiro atoms. The lowest BCUT2D eigenvalue weighted by molar-refractivity contribution is -0.119. The predicted molar refractivity (Wildman–Crippen MR) is 72.0 cm³/mol. The van der Waals surface area contributed by atoms with Crippen LogP contribution in [-0.4, -0.2) is 24.0 Å². The molecule has 2 aromatic rings. The molecule has 0 aliphatic carbocycles. The summed E-state index contributed by atoms with van der Waals surface area (Å²) in [6.07, 6.45) is 6.53. The molecule has 0 atom stereocenters. The number of halogens is 1. The van der Waals surface area contributed by atoms with E-state index in [1.165, 1.54) is 12.3 Å². The third kappa shape index (κ3) is 2.99. The molecule has 1 aromatic heterocycles. The van der Waals surface area contributed by atoms with E-state index in [9.17, 15) is 9.18 Å². The standard InChI is InChI=1S/C14H12FN3O/c1-2-7-16-13(19)9-18-12-6-8-17-14-10(12)4-3-5-11(14)15/h1,3-6,8H,7,9H2,(H,16,19)(H,17,18). The van der Waals surface area contributed by atoms with Gasteiger partial charge in [0.2, 0.25) is 5.91 Å². The van der Waals surface area contributed by atoms with E-state index in [1.54, 1.807) is 18.2 Å². The van der Waals surface area contributed by atoms with Gasteiger partial charge >= 0.3 is 0 Å². The first-order chi connectivity index (χ1) is 9.22. The Bertz CT molecular complexity index is 649. The summed E-state index contributed by atoms with van der Waals surface area (Å²) in [4.78, 5) is 15.4. The molecule has 1 heterocycles. The monoisotopic (exact) mass is 257 g/mol. The van der Waals surface area contributed by atoms with Crippen LogP contribution < -0.4 is 10.6 Å². The van der Waals surface area contributed by atoms with Crippen LogP contribution in [0.2, 0.25) is 0 Å². The van der Waals surface area contributed by atoms with Crippen molar-refractivity contribution in [2.45, 2.75) is 0 Å². The van der Waals surface area contributed by atoms with Crippen LogP contribution >= 0.6 is 0 Å². The molecule has 4 nitrogen and oxygen atoms in total. The molecule has 1 aromatic carbocycles. The van der Waals surface area contributed by atoms with E-state index in [1.807, 2.05) is 0 Å². The van der Waals surface area contributed by atoms with Crippen molar-refractivity contribution < 1.29 is 9.18 Å². The highest BCUT2D eigenvalue weighted by Crippen LogP contribution is 2.22. The third-order valence-corrected chi connectivity index (χ3v) is 2.55. The van der Waals surface area contributed by atoms with Gasteiger partial charge in [-0.2, -0.15) is 0 Å². The van der Waals surface area contributed by atoms with E-state index in [2.05, 4.69) is 21.5 Å².